The van der Waals surface area contributed by atoms with Crippen LogP contribution in [0, 0.1) is 5.82 Å². The summed E-state index contributed by atoms with van der Waals surface area (Å²) in [5, 5.41) is -0.168. The molecule has 2 rings (SSSR count). The Morgan fingerprint density at radius 1 is 1.32 bits per heavy atom. The van der Waals surface area contributed by atoms with Gasteiger partial charge in [0.15, 0.2) is 0 Å². The van der Waals surface area contributed by atoms with Gasteiger partial charge in [-0.2, -0.15) is 0 Å². The molecule has 0 saturated carbocycles. The molecule has 0 spiro atoms. The number of esters is 1. The maximum atomic E-state index is 14.3. The van der Waals surface area contributed by atoms with Crippen LogP contribution in [-0.4, -0.2) is 21.6 Å². The molecule has 1 heterocycles. The molecule has 0 fully saturated rings. The van der Waals surface area contributed by atoms with Crippen LogP contribution in [0.5, 0.6) is 0 Å². The molecule has 1 aromatic carbocycles. The summed E-state index contributed by atoms with van der Waals surface area (Å²) in [6.45, 7) is 5.20. The number of nitrogens with one attached hydrogen (secondary N) is 1. The van der Waals surface area contributed by atoms with Gasteiger partial charge in [0.2, 0.25) is 0 Å². The Morgan fingerprint density at radius 3 is 2.56 bits per heavy atom. The number of H-pyrrole nitrogens is 1. The van der Waals surface area contributed by atoms with Crippen molar-refractivity contribution in [2.45, 2.75) is 39.7 Å². The molecule has 2 aromatic rings. The summed E-state index contributed by atoms with van der Waals surface area (Å²) in [5.74, 6) is -1.67. The molecule has 1 N–H and O–H groups in total. The average molecular weight is 369 g/mol. The third kappa shape index (κ3) is 4.17. The van der Waals surface area contributed by atoms with Gasteiger partial charge in [-0.3, -0.25) is 4.79 Å². The fourth-order valence-corrected chi connectivity index (χ4v) is 2.55. The van der Waals surface area contributed by atoms with E-state index in [-0.39, 0.29) is 16.3 Å². The van der Waals surface area contributed by atoms with E-state index in [1.165, 1.54) is 6.07 Å². The van der Waals surface area contributed by atoms with Gasteiger partial charge in [0.1, 0.15) is 5.82 Å². The number of benzene rings is 1. The Labute approximate surface area is 148 Å². The van der Waals surface area contributed by atoms with Gasteiger partial charge in [0.05, 0.1) is 22.4 Å². The van der Waals surface area contributed by atoms with Crippen molar-refractivity contribution in [1.29, 1.82) is 0 Å². The minimum absolute atomic E-state index is 0.129. The number of rotatable bonds is 5. The van der Waals surface area contributed by atoms with Crippen LogP contribution in [0.1, 0.15) is 43.2 Å². The summed E-state index contributed by atoms with van der Waals surface area (Å²) in [6.07, 6.45) is 0.844. The normalized spacial score (nSPS) is 11.0. The van der Waals surface area contributed by atoms with Crippen molar-refractivity contribution in [3.05, 3.63) is 61.1 Å². The summed E-state index contributed by atoms with van der Waals surface area (Å²) in [6, 6.07) is 3.14. The molecule has 0 aliphatic rings. The number of ether oxygens (including phenoxy) is 1. The number of aromatic nitrogens is 2. The maximum Gasteiger partial charge on any atom is 0.339 e. The van der Waals surface area contributed by atoms with Crippen molar-refractivity contribution in [3.8, 4) is 5.69 Å². The van der Waals surface area contributed by atoms with Crippen molar-refractivity contribution in [2.24, 2.45) is 0 Å². The van der Waals surface area contributed by atoms with Crippen LogP contribution in [0.25, 0.3) is 5.69 Å². The first-order valence-electron chi connectivity index (χ1n) is 7.80. The van der Waals surface area contributed by atoms with E-state index in [0.29, 0.717) is 16.7 Å². The molecule has 0 atom stereocenters. The highest BCUT2D eigenvalue weighted by Gasteiger charge is 2.20. The second-order valence-corrected chi connectivity index (χ2v) is 6.17. The lowest BCUT2D eigenvalue weighted by molar-refractivity contribution is 0.0378. The van der Waals surface area contributed by atoms with Gasteiger partial charge in [-0.15, -0.1) is 0 Å². The van der Waals surface area contributed by atoms with Gasteiger partial charge in [-0.1, -0.05) is 24.9 Å². The highest BCUT2D eigenvalue weighted by atomic mass is 35.5. The smallest absolute Gasteiger partial charge is 0.339 e. The summed E-state index contributed by atoms with van der Waals surface area (Å²) in [5.41, 5.74) is -1.52. The van der Waals surface area contributed by atoms with Gasteiger partial charge in [-0.05, 0) is 32.4 Å². The Balaban J connectivity index is 2.62. The van der Waals surface area contributed by atoms with Crippen molar-refractivity contribution >= 4 is 17.6 Å². The molecular formula is C17H18ClFN2O4. The second-order valence-electron chi connectivity index (χ2n) is 5.76. The number of aryl methyl sites for hydroxylation is 1. The molecule has 0 radical (unpaired) electrons. The summed E-state index contributed by atoms with van der Waals surface area (Å²) in [7, 11) is 0. The highest BCUT2D eigenvalue weighted by Crippen LogP contribution is 2.23. The van der Waals surface area contributed by atoms with E-state index in [1.807, 2.05) is 6.92 Å². The van der Waals surface area contributed by atoms with Crippen molar-refractivity contribution in [3.63, 3.8) is 0 Å². The second kappa shape index (κ2) is 7.65. The molecule has 0 aliphatic heterocycles. The highest BCUT2D eigenvalue weighted by molar-refractivity contribution is 6.33. The van der Waals surface area contributed by atoms with Crippen LogP contribution in [-0.2, 0) is 11.2 Å². The average Bonchev–Trinajstić information content (AvgIpc) is 2.48. The summed E-state index contributed by atoms with van der Waals surface area (Å²) >= 11 is 5.90. The first-order valence-corrected chi connectivity index (χ1v) is 8.18. The van der Waals surface area contributed by atoms with E-state index >= 15 is 0 Å². The molecule has 1 aromatic heterocycles. The largest absolute Gasteiger partial charge is 0.459 e. The minimum atomic E-state index is -0.901. The first kappa shape index (κ1) is 18.9. The predicted octanol–water partition coefficient (Wildman–Crippen LogP) is 2.84. The van der Waals surface area contributed by atoms with E-state index in [4.69, 9.17) is 16.3 Å². The molecule has 0 amide bonds. The van der Waals surface area contributed by atoms with Crippen LogP contribution in [0.2, 0.25) is 5.02 Å². The number of aromatic amines is 1. The number of hydrogen-bond donors (Lipinski definition) is 1. The van der Waals surface area contributed by atoms with E-state index in [0.717, 1.165) is 18.6 Å². The lowest BCUT2D eigenvalue weighted by Gasteiger charge is -2.12. The third-order valence-corrected chi connectivity index (χ3v) is 3.66. The van der Waals surface area contributed by atoms with E-state index in [9.17, 15) is 18.8 Å². The summed E-state index contributed by atoms with van der Waals surface area (Å²) < 4.78 is 20.0. The molecule has 134 valence electrons. The van der Waals surface area contributed by atoms with Gasteiger partial charge >= 0.3 is 11.7 Å². The Bertz CT molecular complexity index is 887. The predicted molar refractivity (Wildman–Crippen MR) is 92.2 cm³/mol. The van der Waals surface area contributed by atoms with Crippen LogP contribution in [0.15, 0.2) is 27.8 Å². The molecular weight excluding hydrogens is 351 g/mol. The zero-order valence-corrected chi connectivity index (χ0v) is 14.8. The molecule has 8 heteroatoms. The number of halogens is 2. The fraction of sp³-hybridized carbons (Fsp3) is 0.353. The zero-order chi connectivity index (χ0) is 18.7. The quantitative estimate of drug-likeness (QED) is 0.823. The van der Waals surface area contributed by atoms with Crippen LogP contribution < -0.4 is 11.2 Å². The van der Waals surface area contributed by atoms with Gasteiger partial charge in [0, 0.05) is 11.8 Å². The molecule has 0 aliphatic carbocycles. The fourth-order valence-electron chi connectivity index (χ4n) is 2.32. The molecule has 0 bridgehead atoms. The monoisotopic (exact) mass is 368 g/mol. The van der Waals surface area contributed by atoms with Crippen molar-refractivity contribution in [2.75, 3.05) is 0 Å². The van der Waals surface area contributed by atoms with E-state index in [1.54, 1.807) is 13.8 Å². The van der Waals surface area contributed by atoms with Crippen LogP contribution >= 0.6 is 11.6 Å². The van der Waals surface area contributed by atoms with E-state index < -0.39 is 29.1 Å². The standard InChI is InChI=1S/C17H18ClFN2O4/c1-4-5-10-6-15(22)21(17(24)20-10)14-7-11(12(18)8-13(14)19)16(23)25-9(2)3/h6-9H,4-5H2,1-3H3,(H,20,24). The number of nitrogens with zero attached hydrogens (tertiary/aromatic N) is 1. The van der Waals surface area contributed by atoms with Crippen molar-refractivity contribution in [1.82, 2.24) is 9.55 Å². The number of carbonyl (C=O) groups is 1. The minimum Gasteiger partial charge on any atom is -0.459 e. The van der Waals surface area contributed by atoms with Gasteiger partial charge in [-0.25, -0.2) is 18.5 Å². The Kier molecular flexibility index (Phi) is 5.79. The molecule has 0 saturated heterocycles. The molecule has 25 heavy (non-hydrogen) atoms. The lowest BCUT2D eigenvalue weighted by atomic mass is 10.2. The summed E-state index contributed by atoms with van der Waals surface area (Å²) in [4.78, 5) is 39.1. The van der Waals surface area contributed by atoms with Crippen molar-refractivity contribution < 1.29 is 13.9 Å². The third-order valence-electron chi connectivity index (χ3n) is 3.35. The van der Waals surface area contributed by atoms with Crippen LogP contribution in [0.4, 0.5) is 4.39 Å². The topological polar surface area (TPSA) is 81.2 Å². The molecule has 6 nitrogen and oxygen atoms in total. The van der Waals surface area contributed by atoms with E-state index in [2.05, 4.69) is 4.98 Å². The SMILES string of the molecule is CCCc1cc(=O)n(-c2cc(C(=O)OC(C)C)c(Cl)cc2F)c(=O)[nH]1. The zero-order valence-electron chi connectivity index (χ0n) is 14.1. The first-order chi connectivity index (χ1) is 11.7. The number of hydrogen-bond acceptors (Lipinski definition) is 4. The Morgan fingerprint density at radius 2 is 2.00 bits per heavy atom. The Hall–Kier alpha value is -2.41. The van der Waals surface area contributed by atoms with Gasteiger partial charge < -0.3 is 9.72 Å². The molecule has 0 unspecified atom stereocenters. The number of carbonyl (C=O) groups excluding carboxylic acids is 1. The maximum absolute atomic E-state index is 14.3. The van der Waals surface area contributed by atoms with Crippen LogP contribution in [0.3, 0.4) is 0 Å². The lowest BCUT2D eigenvalue weighted by Crippen LogP contribution is -2.35. The van der Waals surface area contributed by atoms with Gasteiger partial charge in [0.25, 0.3) is 5.56 Å².